The molecule has 0 amide bonds. The second-order valence-electron chi connectivity index (χ2n) is 4.84. The molecule has 0 aliphatic carbocycles. The number of anilines is 1. The molecule has 7 heteroatoms. The second-order valence-corrected chi connectivity index (χ2v) is 4.84. The summed E-state index contributed by atoms with van der Waals surface area (Å²) in [6, 6.07) is -0.368. The second kappa shape index (κ2) is 6.31. The van der Waals surface area contributed by atoms with Crippen molar-refractivity contribution in [2.45, 2.75) is 18.9 Å². The van der Waals surface area contributed by atoms with E-state index in [1.807, 2.05) is 4.90 Å². The summed E-state index contributed by atoms with van der Waals surface area (Å²) >= 11 is 0. The fraction of sp³-hybridized carbons (Fsp3) is 0.429. The Balaban J connectivity index is 2.13. The Morgan fingerprint density at radius 1 is 0.952 bits per heavy atom. The Hall–Kier alpha value is -1.81. The highest BCUT2D eigenvalue weighted by atomic mass is 19.2. The van der Waals surface area contributed by atoms with Crippen LogP contribution in [-0.2, 0) is 0 Å². The van der Waals surface area contributed by atoms with Crippen LogP contribution >= 0.6 is 0 Å². The molecule has 1 N–H and O–H groups in total. The van der Waals surface area contributed by atoms with Crippen LogP contribution < -0.4 is 5.32 Å². The van der Waals surface area contributed by atoms with Crippen molar-refractivity contribution in [3.05, 3.63) is 29.1 Å². The molecule has 1 fully saturated rings. The number of hydrogen-bond donors (Lipinski definition) is 1. The van der Waals surface area contributed by atoms with E-state index in [0.717, 1.165) is 0 Å². The Kier molecular flexibility index (Phi) is 4.68. The normalized spacial score (nSPS) is 16.8. The van der Waals surface area contributed by atoms with Gasteiger partial charge < -0.3 is 5.32 Å². The van der Waals surface area contributed by atoms with Crippen molar-refractivity contribution in [1.29, 1.82) is 0 Å². The van der Waals surface area contributed by atoms with Crippen LogP contribution in [0.15, 0.2) is 0 Å². The highest BCUT2D eigenvalue weighted by Crippen LogP contribution is 2.28. The molecule has 21 heavy (non-hydrogen) atoms. The zero-order valence-corrected chi connectivity index (χ0v) is 11.0. The summed E-state index contributed by atoms with van der Waals surface area (Å²) < 4.78 is 66.2. The van der Waals surface area contributed by atoms with Crippen LogP contribution in [0, 0.1) is 41.4 Å². The molecule has 0 unspecified atom stereocenters. The van der Waals surface area contributed by atoms with Crippen LogP contribution in [0.25, 0.3) is 0 Å². The lowest BCUT2D eigenvalue weighted by Crippen LogP contribution is -2.39. The Labute approximate surface area is 118 Å². The number of benzene rings is 1. The Bertz CT molecular complexity index is 545. The average Bonchev–Trinajstić information content (AvgIpc) is 2.49. The number of nitrogens with one attached hydrogen (secondary N) is 1. The molecular weight excluding hydrogens is 291 g/mol. The molecule has 2 nitrogen and oxygen atoms in total. The van der Waals surface area contributed by atoms with Gasteiger partial charge in [0.1, 0.15) is 5.69 Å². The molecular formula is C14H13F5N2. The van der Waals surface area contributed by atoms with Gasteiger partial charge in [-0.2, -0.15) is 0 Å². The summed E-state index contributed by atoms with van der Waals surface area (Å²) in [5, 5.41) is 2.41. The van der Waals surface area contributed by atoms with Gasteiger partial charge in [0.05, 0.1) is 6.54 Å². The monoisotopic (exact) mass is 304 g/mol. The predicted octanol–water partition coefficient (Wildman–Crippen LogP) is 2.89. The van der Waals surface area contributed by atoms with E-state index in [0.29, 0.717) is 32.5 Å². The summed E-state index contributed by atoms with van der Waals surface area (Å²) in [6.45, 7) is 1.66. The lowest BCUT2D eigenvalue weighted by atomic mass is 10.0. The first-order valence-electron chi connectivity index (χ1n) is 6.39. The lowest BCUT2D eigenvalue weighted by molar-refractivity contribution is 0.243. The van der Waals surface area contributed by atoms with Crippen molar-refractivity contribution in [1.82, 2.24) is 4.90 Å². The van der Waals surface area contributed by atoms with Crippen molar-refractivity contribution in [2.75, 3.05) is 25.0 Å². The molecule has 1 aromatic carbocycles. The highest BCUT2D eigenvalue weighted by Gasteiger charge is 2.28. The van der Waals surface area contributed by atoms with Gasteiger partial charge in [-0.15, -0.1) is 6.42 Å². The molecule has 1 aromatic rings. The molecule has 0 bridgehead atoms. The van der Waals surface area contributed by atoms with Crippen LogP contribution in [0.4, 0.5) is 27.6 Å². The van der Waals surface area contributed by atoms with Crippen LogP contribution in [-0.4, -0.2) is 30.6 Å². The largest absolute Gasteiger partial charge is 0.377 e. The van der Waals surface area contributed by atoms with Gasteiger partial charge in [0.25, 0.3) is 0 Å². The van der Waals surface area contributed by atoms with Crippen molar-refractivity contribution in [3.8, 4) is 12.3 Å². The number of halogens is 5. The zero-order valence-electron chi connectivity index (χ0n) is 11.0. The van der Waals surface area contributed by atoms with E-state index in [1.165, 1.54) is 0 Å². The first-order valence-corrected chi connectivity index (χ1v) is 6.39. The molecule has 1 heterocycles. The quantitative estimate of drug-likeness (QED) is 0.400. The number of terminal acetylenes is 1. The number of rotatable bonds is 3. The SMILES string of the molecule is C#CCN1CCC(Nc2c(F)c(F)c(F)c(F)c2F)CC1. The molecule has 0 aromatic heterocycles. The number of piperidine rings is 1. The van der Waals surface area contributed by atoms with E-state index in [2.05, 4.69) is 11.2 Å². The molecule has 1 saturated heterocycles. The smallest absolute Gasteiger partial charge is 0.200 e. The Morgan fingerprint density at radius 3 is 1.90 bits per heavy atom. The summed E-state index contributed by atoms with van der Waals surface area (Å²) in [5.74, 6) is -7.23. The van der Waals surface area contributed by atoms with Crippen LogP contribution in [0.3, 0.4) is 0 Å². The summed E-state index contributed by atoms with van der Waals surface area (Å²) in [6.07, 6.45) is 6.18. The van der Waals surface area contributed by atoms with Crippen molar-refractivity contribution in [2.24, 2.45) is 0 Å². The average molecular weight is 304 g/mol. The highest BCUT2D eigenvalue weighted by molar-refractivity contribution is 5.48. The molecule has 2 rings (SSSR count). The first-order chi connectivity index (χ1) is 9.95. The number of hydrogen-bond acceptors (Lipinski definition) is 2. The van der Waals surface area contributed by atoms with E-state index in [9.17, 15) is 22.0 Å². The van der Waals surface area contributed by atoms with Gasteiger partial charge in [-0.25, -0.2) is 22.0 Å². The number of likely N-dealkylation sites (tertiary alicyclic amines) is 1. The third-order valence-electron chi connectivity index (χ3n) is 3.46. The van der Waals surface area contributed by atoms with Gasteiger partial charge in [0, 0.05) is 19.1 Å². The van der Waals surface area contributed by atoms with Crippen LogP contribution in [0.1, 0.15) is 12.8 Å². The zero-order chi connectivity index (χ0) is 15.6. The molecule has 0 radical (unpaired) electrons. The van der Waals surface area contributed by atoms with Gasteiger partial charge in [0.2, 0.25) is 5.82 Å². The lowest BCUT2D eigenvalue weighted by Gasteiger charge is -2.31. The molecule has 1 aliphatic heterocycles. The minimum atomic E-state index is -2.15. The third kappa shape index (κ3) is 3.10. The van der Waals surface area contributed by atoms with Crippen molar-refractivity contribution in [3.63, 3.8) is 0 Å². The van der Waals surface area contributed by atoms with Crippen LogP contribution in [0.2, 0.25) is 0 Å². The van der Waals surface area contributed by atoms with Crippen molar-refractivity contribution >= 4 is 5.69 Å². The maximum Gasteiger partial charge on any atom is 0.200 e. The summed E-state index contributed by atoms with van der Waals surface area (Å²) in [7, 11) is 0. The molecule has 1 aliphatic rings. The Morgan fingerprint density at radius 2 is 1.43 bits per heavy atom. The van der Waals surface area contributed by atoms with Gasteiger partial charge in [-0.05, 0) is 12.8 Å². The number of nitrogens with zero attached hydrogens (tertiary/aromatic N) is 1. The van der Waals surface area contributed by atoms with E-state index in [1.54, 1.807) is 0 Å². The van der Waals surface area contributed by atoms with E-state index in [4.69, 9.17) is 6.42 Å². The molecule has 114 valence electrons. The molecule has 0 atom stereocenters. The third-order valence-corrected chi connectivity index (χ3v) is 3.46. The standard InChI is InChI=1S/C14H13F5N2/c1-2-5-21-6-3-8(4-7-21)20-14-12(18)10(16)9(15)11(17)13(14)19/h1,8,20H,3-7H2. The predicted molar refractivity (Wildman–Crippen MR) is 68.1 cm³/mol. The fourth-order valence-corrected chi connectivity index (χ4v) is 2.30. The van der Waals surface area contributed by atoms with Gasteiger partial charge in [-0.1, -0.05) is 5.92 Å². The minimum Gasteiger partial charge on any atom is -0.377 e. The topological polar surface area (TPSA) is 15.3 Å². The van der Waals surface area contributed by atoms with Gasteiger partial charge in [-0.3, -0.25) is 4.90 Å². The molecule has 0 spiro atoms. The first kappa shape index (κ1) is 15.6. The maximum atomic E-state index is 13.5. The fourth-order valence-electron chi connectivity index (χ4n) is 2.30. The maximum absolute atomic E-state index is 13.5. The van der Waals surface area contributed by atoms with Crippen LogP contribution in [0.5, 0.6) is 0 Å². The van der Waals surface area contributed by atoms with E-state index >= 15 is 0 Å². The summed E-state index contributed by atoms with van der Waals surface area (Å²) in [4.78, 5) is 1.97. The summed E-state index contributed by atoms with van der Waals surface area (Å²) in [5.41, 5.74) is -0.971. The minimum absolute atomic E-state index is 0.368. The van der Waals surface area contributed by atoms with Gasteiger partial charge in [0.15, 0.2) is 23.3 Å². The van der Waals surface area contributed by atoms with Gasteiger partial charge >= 0.3 is 0 Å². The van der Waals surface area contributed by atoms with E-state index in [-0.39, 0.29) is 6.04 Å². The van der Waals surface area contributed by atoms with E-state index < -0.39 is 34.8 Å². The van der Waals surface area contributed by atoms with Crippen molar-refractivity contribution < 1.29 is 22.0 Å². The molecule has 0 saturated carbocycles.